The smallest absolute Gasteiger partial charge is 0.256 e. The van der Waals surface area contributed by atoms with Gasteiger partial charge in [-0.15, -0.1) is 0 Å². The van der Waals surface area contributed by atoms with Crippen LogP contribution >= 0.6 is 0 Å². The highest BCUT2D eigenvalue weighted by atomic mass is 16.5. The van der Waals surface area contributed by atoms with Gasteiger partial charge in [-0.2, -0.15) is 0 Å². The predicted molar refractivity (Wildman–Crippen MR) is 81.3 cm³/mol. The first kappa shape index (κ1) is 14.9. The number of hydrogen-bond acceptors (Lipinski definition) is 3. The van der Waals surface area contributed by atoms with Crippen molar-refractivity contribution in [1.82, 2.24) is 4.90 Å². The van der Waals surface area contributed by atoms with E-state index < -0.39 is 0 Å². The van der Waals surface area contributed by atoms with Gasteiger partial charge in [-0.3, -0.25) is 4.79 Å². The zero-order chi connectivity index (χ0) is 14.5. The van der Waals surface area contributed by atoms with Gasteiger partial charge in [0.25, 0.3) is 5.91 Å². The molecule has 1 saturated heterocycles. The van der Waals surface area contributed by atoms with Gasteiger partial charge in [-0.25, -0.2) is 0 Å². The fourth-order valence-electron chi connectivity index (χ4n) is 2.50. The van der Waals surface area contributed by atoms with Crippen molar-refractivity contribution in [3.05, 3.63) is 29.3 Å². The molecule has 1 amide bonds. The van der Waals surface area contributed by atoms with E-state index in [4.69, 9.17) is 4.74 Å². The Morgan fingerprint density at radius 2 is 2.25 bits per heavy atom. The minimum absolute atomic E-state index is 0.0997. The molecule has 0 bridgehead atoms. The molecule has 1 heterocycles. The zero-order valence-corrected chi connectivity index (χ0v) is 12.6. The summed E-state index contributed by atoms with van der Waals surface area (Å²) in [6.45, 7) is 8.98. The van der Waals surface area contributed by atoms with Crippen LogP contribution < -0.4 is 5.32 Å². The highest BCUT2D eigenvalue weighted by Gasteiger charge is 2.25. The van der Waals surface area contributed by atoms with E-state index in [0.717, 1.165) is 29.8 Å². The molecule has 1 aromatic carbocycles. The quantitative estimate of drug-likeness (QED) is 0.919. The number of anilines is 1. The predicted octanol–water partition coefficient (Wildman–Crippen LogP) is 2.68. The molecule has 1 N–H and O–H groups in total. The van der Waals surface area contributed by atoms with E-state index in [1.807, 2.05) is 36.9 Å². The number of rotatable bonds is 4. The van der Waals surface area contributed by atoms with Gasteiger partial charge in [0.05, 0.1) is 18.3 Å². The Morgan fingerprint density at radius 1 is 1.45 bits per heavy atom. The molecule has 2 rings (SSSR count). The van der Waals surface area contributed by atoms with Gasteiger partial charge in [-0.05, 0) is 38.0 Å². The maximum Gasteiger partial charge on any atom is 0.256 e. The fourth-order valence-corrected chi connectivity index (χ4v) is 2.50. The van der Waals surface area contributed by atoms with Crippen LogP contribution in [0.25, 0.3) is 0 Å². The number of benzene rings is 1. The van der Waals surface area contributed by atoms with E-state index in [9.17, 15) is 4.79 Å². The number of carbonyl (C=O) groups excluding carboxylic acids is 1. The summed E-state index contributed by atoms with van der Waals surface area (Å²) >= 11 is 0. The van der Waals surface area contributed by atoms with Gasteiger partial charge < -0.3 is 15.0 Å². The summed E-state index contributed by atoms with van der Waals surface area (Å²) in [7, 11) is 0. The molecule has 0 spiro atoms. The first-order valence-electron chi connectivity index (χ1n) is 7.41. The lowest BCUT2D eigenvalue weighted by atomic mass is 10.1. The van der Waals surface area contributed by atoms with Crippen LogP contribution in [0.1, 0.15) is 36.2 Å². The van der Waals surface area contributed by atoms with E-state index in [0.29, 0.717) is 19.7 Å². The van der Waals surface area contributed by atoms with Crippen LogP contribution in [0.15, 0.2) is 18.2 Å². The highest BCUT2D eigenvalue weighted by Crippen LogP contribution is 2.21. The summed E-state index contributed by atoms with van der Waals surface area (Å²) in [6, 6.07) is 5.95. The maximum atomic E-state index is 12.7. The molecule has 1 aliphatic rings. The normalized spacial score (nSPS) is 18.9. The third-order valence-electron chi connectivity index (χ3n) is 3.65. The summed E-state index contributed by atoms with van der Waals surface area (Å²) in [5.41, 5.74) is 2.84. The molecule has 110 valence electrons. The molecule has 0 aliphatic carbocycles. The topological polar surface area (TPSA) is 41.6 Å². The van der Waals surface area contributed by atoms with E-state index >= 15 is 0 Å². The molecule has 4 nitrogen and oxygen atoms in total. The molecule has 1 aliphatic heterocycles. The van der Waals surface area contributed by atoms with Crippen LogP contribution in [-0.4, -0.2) is 43.2 Å². The van der Waals surface area contributed by atoms with E-state index in [-0.39, 0.29) is 12.0 Å². The third kappa shape index (κ3) is 3.31. The van der Waals surface area contributed by atoms with Crippen LogP contribution in [0.5, 0.6) is 0 Å². The summed E-state index contributed by atoms with van der Waals surface area (Å²) < 4.78 is 5.63. The highest BCUT2D eigenvalue weighted by molar-refractivity contribution is 5.99. The number of amides is 1. The Morgan fingerprint density at radius 3 is 2.95 bits per heavy atom. The monoisotopic (exact) mass is 276 g/mol. The average molecular weight is 276 g/mol. The minimum Gasteiger partial charge on any atom is -0.385 e. The van der Waals surface area contributed by atoms with E-state index in [1.54, 1.807) is 0 Å². The summed E-state index contributed by atoms with van der Waals surface area (Å²) in [5, 5.41) is 3.28. The van der Waals surface area contributed by atoms with Gasteiger partial charge in [0.2, 0.25) is 0 Å². The van der Waals surface area contributed by atoms with Gasteiger partial charge in [0.15, 0.2) is 0 Å². The third-order valence-corrected chi connectivity index (χ3v) is 3.65. The fraction of sp³-hybridized carbons (Fsp3) is 0.562. The molecule has 0 saturated carbocycles. The molecule has 1 aromatic rings. The summed E-state index contributed by atoms with van der Waals surface area (Å²) in [5.74, 6) is 0.0997. The molecule has 1 fully saturated rings. The Kier molecular flexibility index (Phi) is 5.01. The van der Waals surface area contributed by atoms with Crippen LogP contribution in [-0.2, 0) is 4.74 Å². The van der Waals surface area contributed by atoms with Crippen LogP contribution in [0.2, 0.25) is 0 Å². The number of aryl methyl sites for hydroxylation is 1. The Hall–Kier alpha value is -1.55. The van der Waals surface area contributed by atoms with E-state index in [1.165, 1.54) is 0 Å². The van der Waals surface area contributed by atoms with Crippen molar-refractivity contribution >= 4 is 11.6 Å². The van der Waals surface area contributed by atoms with Crippen molar-refractivity contribution < 1.29 is 9.53 Å². The Labute approximate surface area is 121 Å². The molecule has 0 aromatic heterocycles. The first-order chi connectivity index (χ1) is 9.65. The second kappa shape index (κ2) is 6.75. The van der Waals surface area contributed by atoms with Gasteiger partial charge in [0, 0.05) is 25.3 Å². The molecule has 4 heteroatoms. The lowest BCUT2D eigenvalue weighted by Crippen LogP contribution is -2.45. The SMILES string of the molecule is CCNc1cc(C)ccc1C(=O)N1CCOC(CC)C1. The number of ether oxygens (including phenoxy) is 1. The number of nitrogens with one attached hydrogen (secondary N) is 1. The number of morpholine rings is 1. The maximum absolute atomic E-state index is 12.7. The number of nitrogens with zero attached hydrogens (tertiary/aromatic N) is 1. The van der Waals surface area contributed by atoms with Crippen molar-refractivity contribution in [1.29, 1.82) is 0 Å². The molecular formula is C16H24N2O2. The minimum atomic E-state index is 0.0997. The molecule has 0 radical (unpaired) electrons. The first-order valence-corrected chi connectivity index (χ1v) is 7.41. The number of hydrogen-bond donors (Lipinski definition) is 1. The van der Waals surface area contributed by atoms with Gasteiger partial charge in [-0.1, -0.05) is 13.0 Å². The summed E-state index contributed by atoms with van der Waals surface area (Å²) in [6.07, 6.45) is 1.11. The second-order valence-corrected chi connectivity index (χ2v) is 5.23. The lowest BCUT2D eigenvalue weighted by Gasteiger charge is -2.33. The van der Waals surface area contributed by atoms with E-state index in [2.05, 4.69) is 12.2 Å². The molecule has 20 heavy (non-hydrogen) atoms. The Bertz CT molecular complexity index is 474. The van der Waals surface area contributed by atoms with Crippen molar-refractivity contribution in [2.75, 3.05) is 31.6 Å². The Balaban J connectivity index is 2.19. The lowest BCUT2D eigenvalue weighted by molar-refractivity contribution is -0.0225. The summed E-state index contributed by atoms with van der Waals surface area (Å²) in [4.78, 5) is 14.6. The molecule has 1 atom stereocenters. The zero-order valence-electron chi connectivity index (χ0n) is 12.6. The van der Waals surface area contributed by atoms with Gasteiger partial charge in [0.1, 0.15) is 0 Å². The van der Waals surface area contributed by atoms with Crippen LogP contribution in [0.4, 0.5) is 5.69 Å². The standard InChI is InChI=1S/C16H24N2O2/c1-4-13-11-18(8-9-20-13)16(19)14-7-6-12(3)10-15(14)17-5-2/h6-7,10,13,17H,4-5,8-9,11H2,1-3H3. The van der Waals surface area contributed by atoms with Crippen LogP contribution in [0, 0.1) is 6.92 Å². The van der Waals surface area contributed by atoms with Crippen molar-refractivity contribution in [2.24, 2.45) is 0 Å². The average Bonchev–Trinajstić information content (AvgIpc) is 2.47. The van der Waals surface area contributed by atoms with Gasteiger partial charge >= 0.3 is 0 Å². The molecule has 1 unspecified atom stereocenters. The van der Waals surface area contributed by atoms with Crippen LogP contribution in [0.3, 0.4) is 0 Å². The van der Waals surface area contributed by atoms with Crippen molar-refractivity contribution in [2.45, 2.75) is 33.3 Å². The largest absolute Gasteiger partial charge is 0.385 e. The van der Waals surface area contributed by atoms with Crippen molar-refractivity contribution in [3.8, 4) is 0 Å². The molecular weight excluding hydrogens is 252 g/mol. The number of carbonyl (C=O) groups is 1. The second-order valence-electron chi connectivity index (χ2n) is 5.23. The van der Waals surface area contributed by atoms with Crippen molar-refractivity contribution in [3.63, 3.8) is 0 Å².